The van der Waals surface area contributed by atoms with E-state index in [1.807, 2.05) is 25.1 Å². The van der Waals surface area contributed by atoms with Crippen molar-refractivity contribution in [3.05, 3.63) is 29.3 Å². The Bertz CT molecular complexity index is 422. The topological polar surface area (TPSA) is 67.1 Å². The molecule has 0 bridgehead atoms. The molecular weight excluding hydrogens is 226 g/mol. The minimum absolute atomic E-state index is 0.0871. The van der Waals surface area contributed by atoms with Crippen LogP contribution in [0.5, 0.6) is 0 Å². The smallest absolute Gasteiger partial charge is 0.253 e. The minimum Gasteiger partial charge on any atom is -0.352 e. The number of nitrogens with two attached hydrogens (primary N) is 1. The van der Waals surface area contributed by atoms with E-state index in [2.05, 4.69) is 31.5 Å². The van der Waals surface area contributed by atoms with Crippen molar-refractivity contribution < 1.29 is 4.79 Å². The zero-order valence-corrected chi connectivity index (χ0v) is 11.6. The summed E-state index contributed by atoms with van der Waals surface area (Å²) in [7, 11) is 0. The molecule has 0 heterocycles. The molecule has 4 nitrogen and oxygen atoms in total. The highest BCUT2D eigenvalue weighted by Crippen LogP contribution is 2.18. The molecule has 0 aliphatic heterocycles. The first-order valence-corrected chi connectivity index (χ1v) is 6.19. The second-order valence-electron chi connectivity index (χ2n) is 5.76. The number of nitrogen functional groups attached to an aromatic ring is 1. The number of carbonyl (C=O) groups excluding carboxylic acids is 1. The van der Waals surface area contributed by atoms with Gasteiger partial charge in [-0.1, -0.05) is 32.4 Å². The van der Waals surface area contributed by atoms with Crippen LogP contribution < -0.4 is 16.6 Å². The van der Waals surface area contributed by atoms with Gasteiger partial charge in [-0.25, -0.2) is 0 Å². The molecule has 1 aromatic rings. The van der Waals surface area contributed by atoms with Crippen LogP contribution in [0.3, 0.4) is 0 Å². The van der Waals surface area contributed by atoms with Crippen LogP contribution in [0.25, 0.3) is 0 Å². The Morgan fingerprint density at radius 2 is 2.00 bits per heavy atom. The summed E-state index contributed by atoms with van der Waals surface area (Å²) in [6.45, 7) is 9.07. The Morgan fingerprint density at radius 3 is 2.56 bits per heavy atom. The van der Waals surface area contributed by atoms with Crippen LogP contribution in [0.15, 0.2) is 18.2 Å². The molecule has 0 spiro atoms. The highest BCUT2D eigenvalue weighted by Gasteiger charge is 2.13. The summed E-state index contributed by atoms with van der Waals surface area (Å²) in [5.41, 5.74) is 5.04. The SMILES string of the molecule is Cc1ccc(NN)c(C(=O)NCCC(C)(C)C)c1. The van der Waals surface area contributed by atoms with E-state index in [0.29, 0.717) is 17.8 Å². The Kier molecular flexibility index (Phi) is 4.73. The fraction of sp³-hybridized carbons (Fsp3) is 0.500. The van der Waals surface area contributed by atoms with Crippen LogP contribution in [0.1, 0.15) is 43.1 Å². The molecule has 18 heavy (non-hydrogen) atoms. The van der Waals surface area contributed by atoms with Crippen LogP contribution in [0, 0.1) is 12.3 Å². The van der Waals surface area contributed by atoms with Crippen molar-refractivity contribution >= 4 is 11.6 Å². The Labute approximate surface area is 109 Å². The highest BCUT2D eigenvalue weighted by atomic mass is 16.1. The summed E-state index contributed by atoms with van der Waals surface area (Å²) in [6.07, 6.45) is 0.940. The second kappa shape index (κ2) is 5.87. The van der Waals surface area contributed by atoms with Crippen molar-refractivity contribution in [2.45, 2.75) is 34.1 Å². The Balaban J connectivity index is 2.69. The number of carbonyl (C=O) groups is 1. The fourth-order valence-corrected chi connectivity index (χ4v) is 1.62. The molecule has 0 saturated carbocycles. The normalized spacial score (nSPS) is 11.2. The third-order valence-corrected chi connectivity index (χ3v) is 2.74. The average Bonchev–Trinajstić information content (AvgIpc) is 2.27. The van der Waals surface area contributed by atoms with Gasteiger partial charge in [0.25, 0.3) is 5.91 Å². The van der Waals surface area contributed by atoms with Crippen molar-refractivity contribution in [1.29, 1.82) is 0 Å². The van der Waals surface area contributed by atoms with Gasteiger partial charge in [-0.15, -0.1) is 0 Å². The minimum atomic E-state index is -0.0871. The predicted octanol–water partition coefficient (Wildman–Crippen LogP) is 2.45. The predicted molar refractivity (Wildman–Crippen MR) is 75.4 cm³/mol. The first-order chi connectivity index (χ1) is 8.33. The molecule has 4 heteroatoms. The lowest BCUT2D eigenvalue weighted by molar-refractivity contribution is 0.0950. The number of nitrogens with one attached hydrogen (secondary N) is 2. The molecular formula is C14H23N3O. The molecule has 0 aromatic heterocycles. The van der Waals surface area contributed by atoms with E-state index in [0.717, 1.165) is 12.0 Å². The number of hydrogen-bond donors (Lipinski definition) is 3. The van der Waals surface area contributed by atoms with Gasteiger partial charge in [0, 0.05) is 6.54 Å². The van der Waals surface area contributed by atoms with Crippen molar-refractivity contribution in [2.75, 3.05) is 12.0 Å². The maximum atomic E-state index is 12.1. The van der Waals surface area contributed by atoms with Gasteiger partial charge in [-0.3, -0.25) is 10.6 Å². The number of benzene rings is 1. The zero-order valence-electron chi connectivity index (χ0n) is 11.6. The molecule has 0 atom stereocenters. The molecule has 1 amide bonds. The monoisotopic (exact) mass is 249 g/mol. The number of anilines is 1. The van der Waals surface area contributed by atoms with E-state index in [1.165, 1.54) is 0 Å². The molecule has 4 N–H and O–H groups in total. The molecule has 100 valence electrons. The van der Waals surface area contributed by atoms with Crippen LogP contribution in [0.2, 0.25) is 0 Å². The lowest BCUT2D eigenvalue weighted by Crippen LogP contribution is -2.28. The van der Waals surface area contributed by atoms with Gasteiger partial charge in [0.15, 0.2) is 0 Å². The fourth-order valence-electron chi connectivity index (χ4n) is 1.62. The maximum absolute atomic E-state index is 12.1. The molecule has 0 radical (unpaired) electrons. The summed E-state index contributed by atoms with van der Waals surface area (Å²) >= 11 is 0. The number of rotatable bonds is 4. The second-order valence-corrected chi connectivity index (χ2v) is 5.76. The third kappa shape index (κ3) is 4.37. The van der Waals surface area contributed by atoms with Crippen molar-refractivity contribution in [3.8, 4) is 0 Å². The van der Waals surface area contributed by atoms with Crippen molar-refractivity contribution in [1.82, 2.24) is 5.32 Å². The van der Waals surface area contributed by atoms with Gasteiger partial charge >= 0.3 is 0 Å². The zero-order chi connectivity index (χ0) is 13.8. The van der Waals surface area contributed by atoms with Crippen LogP contribution >= 0.6 is 0 Å². The molecule has 0 aliphatic rings. The summed E-state index contributed by atoms with van der Waals surface area (Å²) in [4.78, 5) is 12.1. The van der Waals surface area contributed by atoms with E-state index >= 15 is 0 Å². The summed E-state index contributed by atoms with van der Waals surface area (Å²) < 4.78 is 0. The number of amides is 1. The Hall–Kier alpha value is -1.55. The highest BCUT2D eigenvalue weighted by molar-refractivity contribution is 5.99. The van der Waals surface area contributed by atoms with Crippen molar-refractivity contribution in [3.63, 3.8) is 0 Å². The molecule has 0 unspecified atom stereocenters. The van der Waals surface area contributed by atoms with E-state index in [4.69, 9.17) is 5.84 Å². The van der Waals surface area contributed by atoms with Crippen LogP contribution in [-0.2, 0) is 0 Å². The first-order valence-electron chi connectivity index (χ1n) is 6.19. The lowest BCUT2D eigenvalue weighted by atomic mass is 9.92. The van der Waals surface area contributed by atoms with Crippen molar-refractivity contribution in [2.24, 2.45) is 11.3 Å². The van der Waals surface area contributed by atoms with Gasteiger partial charge in [-0.2, -0.15) is 0 Å². The summed E-state index contributed by atoms with van der Waals surface area (Å²) in [5.74, 6) is 5.32. The third-order valence-electron chi connectivity index (χ3n) is 2.74. The molecule has 0 aliphatic carbocycles. The maximum Gasteiger partial charge on any atom is 0.253 e. The quantitative estimate of drug-likeness (QED) is 0.567. The van der Waals surface area contributed by atoms with E-state index in [-0.39, 0.29) is 11.3 Å². The molecule has 0 fully saturated rings. The van der Waals surface area contributed by atoms with Gasteiger partial charge in [-0.05, 0) is 30.9 Å². The van der Waals surface area contributed by atoms with Gasteiger partial charge in [0.1, 0.15) is 0 Å². The average molecular weight is 249 g/mol. The molecule has 0 saturated heterocycles. The van der Waals surface area contributed by atoms with Crippen LogP contribution in [-0.4, -0.2) is 12.5 Å². The van der Waals surface area contributed by atoms with Gasteiger partial charge in [0.2, 0.25) is 0 Å². The van der Waals surface area contributed by atoms with E-state index in [9.17, 15) is 4.79 Å². The number of hydrogen-bond acceptors (Lipinski definition) is 3. The van der Waals surface area contributed by atoms with Gasteiger partial charge < -0.3 is 10.7 Å². The number of hydrazine groups is 1. The molecule has 1 aromatic carbocycles. The largest absolute Gasteiger partial charge is 0.352 e. The first kappa shape index (κ1) is 14.5. The van der Waals surface area contributed by atoms with E-state index < -0.39 is 0 Å². The van der Waals surface area contributed by atoms with E-state index in [1.54, 1.807) is 0 Å². The van der Waals surface area contributed by atoms with Crippen LogP contribution in [0.4, 0.5) is 5.69 Å². The summed E-state index contributed by atoms with van der Waals surface area (Å²) in [5, 5.41) is 2.92. The molecule has 1 rings (SSSR count). The van der Waals surface area contributed by atoms with Gasteiger partial charge in [0.05, 0.1) is 11.3 Å². The standard InChI is InChI=1S/C14H23N3O/c1-10-5-6-12(17-15)11(9-10)13(18)16-8-7-14(2,3)4/h5-6,9,17H,7-8,15H2,1-4H3,(H,16,18). The summed E-state index contributed by atoms with van der Waals surface area (Å²) in [6, 6.07) is 5.57. The lowest BCUT2D eigenvalue weighted by Gasteiger charge is -2.18. The number of aryl methyl sites for hydroxylation is 1. The Morgan fingerprint density at radius 1 is 1.33 bits per heavy atom.